The van der Waals surface area contributed by atoms with Crippen LogP contribution >= 0.6 is 0 Å². The summed E-state index contributed by atoms with van der Waals surface area (Å²) in [4.78, 5) is 18.8. The Labute approximate surface area is 153 Å². The van der Waals surface area contributed by atoms with Gasteiger partial charge in [-0.1, -0.05) is 0 Å². The Bertz CT molecular complexity index is 855. The van der Waals surface area contributed by atoms with E-state index in [1.54, 1.807) is 0 Å². The van der Waals surface area contributed by atoms with Crippen molar-refractivity contribution < 1.29 is 4.79 Å². The molecule has 0 aliphatic carbocycles. The van der Waals surface area contributed by atoms with Crippen LogP contribution in [0, 0.1) is 12.3 Å². The minimum Gasteiger partial charge on any atom is -0.329 e. The fourth-order valence-electron chi connectivity index (χ4n) is 2.83. The third kappa shape index (κ3) is 4.46. The van der Waals surface area contributed by atoms with Gasteiger partial charge >= 0.3 is 0 Å². The van der Waals surface area contributed by atoms with Gasteiger partial charge in [-0.25, -0.2) is 4.98 Å². The van der Waals surface area contributed by atoms with Gasteiger partial charge in [0.05, 0.1) is 17.4 Å². The zero-order valence-electron chi connectivity index (χ0n) is 15.3. The number of fused-ring (bicyclic) bond motifs is 1. The molecule has 0 radical (unpaired) electrons. The van der Waals surface area contributed by atoms with Crippen molar-refractivity contribution in [2.45, 2.75) is 37.9 Å². The Kier molecular flexibility index (Phi) is 5.33. The molecule has 26 heavy (non-hydrogen) atoms. The van der Waals surface area contributed by atoms with Crippen LogP contribution in [0.1, 0.15) is 25.7 Å². The van der Waals surface area contributed by atoms with E-state index in [1.165, 1.54) is 0 Å². The molecule has 0 bridgehead atoms. The van der Waals surface area contributed by atoms with Gasteiger partial charge in [-0.15, -0.1) is 12.3 Å². The predicted octanol–water partition coefficient (Wildman–Crippen LogP) is 2.89. The largest absolute Gasteiger partial charge is 0.329 e. The lowest BCUT2D eigenvalue weighted by Crippen LogP contribution is -2.18. The Morgan fingerprint density at radius 3 is 2.85 bits per heavy atom. The van der Waals surface area contributed by atoms with Crippen LogP contribution in [0.15, 0.2) is 34.8 Å². The van der Waals surface area contributed by atoms with Crippen molar-refractivity contribution >= 4 is 22.6 Å². The number of hydrogen-bond donors (Lipinski definition) is 1. The first-order valence-corrected chi connectivity index (χ1v) is 8.78. The van der Waals surface area contributed by atoms with E-state index in [2.05, 4.69) is 35.9 Å². The number of carbonyl (C=O) groups excluding carboxylic acids is 1. The Morgan fingerprint density at radius 1 is 1.35 bits per heavy atom. The van der Waals surface area contributed by atoms with Gasteiger partial charge in [0.15, 0.2) is 5.66 Å². The van der Waals surface area contributed by atoms with Crippen LogP contribution in [0.4, 0.5) is 5.69 Å². The van der Waals surface area contributed by atoms with Crippen molar-refractivity contribution in [3.63, 3.8) is 0 Å². The average molecular weight is 352 g/mol. The molecule has 0 atom stereocenters. The van der Waals surface area contributed by atoms with Crippen LogP contribution in [0.3, 0.4) is 0 Å². The highest BCUT2D eigenvalue weighted by atomic mass is 16.1. The summed E-state index contributed by atoms with van der Waals surface area (Å²) in [5.74, 6) is 2.55. The molecule has 0 saturated carbocycles. The number of amides is 1. The molecule has 0 fully saturated rings. The normalized spacial score (nSPS) is 14.5. The fraction of sp³-hybridized carbons (Fsp3) is 0.474. The number of anilines is 1. The number of hydrogen-bond acceptors (Lipinski definition) is 5. The predicted molar refractivity (Wildman–Crippen MR) is 102 cm³/mol. The SMILES string of the molecule is C#CCCC1(CCC(=O)Nc2ccc3c(c2)ncn3CCN(C)C)N=N1. The van der Waals surface area contributed by atoms with E-state index >= 15 is 0 Å². The monoisotopic (exact) mass is 352 g/mol. The van der Waals surface area contributed by atoms with E-state index in [-0.39, 0.29) is 5.91 Å². The number of nitrogens with zero attached hydrogens (tertiary/aromatic N) is 5. The maximum absolute atomic E-state index is 12.2. The zero-order valence-corrected chi connectivity index (χ0v) is 15.3. The van der Waals surface area contributed by atoms with E-state index < -0.39 is 5.66 Å². The van der Waals surface area contributed by atoms with Gasteiger partial charge in [-0.3, -0.25) is 4.79 Å². The first kappa shape index (κ1) is 18.1. The summed E-state index contributed by atoms with van der Waals surface area (Å²) in [5, 5.41) is 11.0. The van der Waals surface area contributed by atoms with Crippen molar-refractivity contribution in [1.29, 1.82) is 0 Å². The lowest BCUT2D eigenvalue weighted by molar-refractivity contribution is -0.116. The smallest absolute Gasteiger partial charge is 0.224 e. The number of nitrogens with one attached hydrogen (secondary N) is 1. The molecule has 1 N–H and O–H groups in total. The number of benzene rings is 1. The molecule has 7 nitrogen and oxygen atoms in total. The Balaban J connectivity index is 1.55. The fourth-order valence-corrected chi connectivity index (χ4v) is 2.83. The number of imidazole rings is 1. The third-order valence-electron chi connectivity index (χ3n) is 4.50. The van der Waals surface area contributed by atoms with Crippen LogP contribution in [0.2, 0.25) is 0 Å². The van der Waals surface area contributed by atoms with Crippen LogP contribution in [0.25, 0.3) is 11.0 Å². The van der Waals surface area contributed by atoms with Crippen LogP contribution in [0.5, 0.6) is 0 Å². The number of terminal acetylenes is 1. The topological polar surface area (TPSA) is 74.9 Å². The molecule has 1 aromatic carbocycles. The maximum Gasteiger partial charge on any atom is 0.224 e. The summed E-state index contributed by atoms with van der Waals surface area (Å²) in [6, 6.07) is 5.81. The summed E-state index contributed by atoms with van der Waals surface area (Å²) >= 11 is 0. The molecular formula is C19H24N6O. The lowest BCUT2D eigenvalue weighted by Gasteiger charge is -2.11. The Morgan fingerprint density at radius 2 is 2.15 bits per heavy atom. The molecule has 1 aromatic heterocycles. The molecule has 1 aliphatic rings. The molecule has 3 rings (SSSR count). The second kappa shape index (κ2) is 7.67. The van der Waals surface area contributed by atoms with Crippen molar-refractivity contribution in [1.82, 2.24) is 14.5 Å². The minimum atomic E-state index is -0.418. The van der Waals surface area contributed by atoms with Crippen LogP contribution in [-0.4, -0.2) is 46.7 Å². The van der Waals surface area contributed by atoms with Crippen LogP contribution < -0.4 is 5.32 Å². The molecular weight excluding hydrogens is 328 g/mol. The van der Waals surface area contributed by atoms with Gasteiger partial charge in [-0.2, -0.15) is 10.2 Å². The van der Waals surface area contributed by atoms with Gasteiger partial charge < -0.3 is 14.8 Å². The summed E-state index contributed by atoms with van der Waals surface area (Å²) in [6.45, 7) is 1.82. The highest BCUT2D eigenvalue weighted by molar-refractivity contribution is 5.93. The van der Waals surface area contributed by atoms with E-state index in [0.717, 1.165) is 29.8 Å². The molecule has 0 saturated heterocycles. The minimum absolute atomic E-state index is 0.0474. The molecule has 2 heterocycles. The van der Waals surface area contributed by atoms with E-state index in [4.69, 9.17) is 6.42 Å². The number of rotatable bonds is 9. The van der Waals surface area contributed by atoms with Crippen LogP contribution in [-0.2, 0) is 11.3 Å². The van der Waals surface area contributed by atoms with E-state index in [9.17, 15) is 4.79 Å². The molecule has 2 aromatic rings. The van der Waals surface area contributed by atoms with Gasteiger partial charge in [0.2, 0.25) is 5.91 Å². The molecule has 136 valence electrons. The van der Waals surface area contributed by atoms with Crippen molar-refractivity contribution in [2.75, 3.05) is 26.0 Å². The van der Waals surface area contributed by atoms with Crippen molar-refractivity contribution in [3.05, 3.63) is 24.5 Å². The molecule has 7 heteroatoms. The second-order valence-electron chi connectivity index (χ2n) is 6.88. The summed E-state index contributed by atoms with van der Waals surface area (Å²) in [6.07, 6.45) is 9.43. The van der Waals surface area contributed by atoms with Gasteiger partial charge in [0.25, 0.3) is 0 Å². The third-order valence-corrected chi connectivity index (χ3v) is 4.50. The number of aromatic nitrogens is 2. The summed E-state index contributed by atoms with van der Waals surface area (Å²) in [5.41, 5.74) is 2.27. The van der Waals surface area contributed by atoms with Gasteiger partial charge in [-0.05, 0) is 32.3 Å². The first-order chi connectivity index (χ1) is 12.5. The average Bonchev–Trinajstić information content (AvgIpc) is 3.28. The molecule has 0 unspecified atom stereocenters. The zero-order chi connectivity index (χ0) is 18.6. The summed E-state index contributed by atoms with van der Waals surface area (Å²) < 4.78 is 2.12. The lowest BCUT2D eigenvalue weighted by atomic mass is 10.0. The second-order valence-corrected chi connectivity index (χ2v) is 6.88. The van der Waals surface area contributed by atoms with Crippen molar-refractivity contribution in [2.24, 2.45) is 10.2 Å². The highest BCUT2D eigenvalue weighted by Gasteiger charge is 2.39. The molecule has 1 amide bonds. The number of carbonyl (C=O) groups is 1. The number of likely N-dealkylation sites (N-methyl/N-ethyl adjacent to an activating group) is 1. The van der Waals surface area contributed by atoms with E-state index in [0.29, 0.717) is 25.7 Å². The highest BCUT2D eigenvalue weighted by Crippen LogP contribution is 2.37. The molecule has 1 aliphatic heterocycles. The summed E-state index contributed by atoms with van der Waals surface area (Å²) in [7, 11) is 4.09. The quantitative estimate of drug-likeness (QED) is 0.705. The maximum atomic E-state index is 12.2. The van der Waals surface area contributed by atoms with Gasteiger partial charge in [0.1, 0.15) is 0 Å². The first-order valence-electron chi connectivity index (χ1n) is 8.78. The van der Waals surface area contributed by atoms with E-state index in [1.807, 2.05) is 38.6 Å². The standard InChI is InChI=1S/C19H24N6O/c1-4-5-9-19(22-23-19)10-8-18(26)21-15-6-7-17-16(13-15)20-14-25(17)12-11-24(2)3/h1,6-7,13-14H,5,8-12H2,2-3H3,(H,21,26). The molecule has 0 spiro atoms. The van der Waals surface area contributed by atoms with Crippen molar-refractivity contribution in [3.8, 4) is 12.3 Å². The Hall–Kier alpha value is -2.72. The van der Waals surface area contributed by atoms with Gasteiger partial charge in [0, 0.05) is 44.5 Å².